The Hall–Kier alpha value is -1.76. The highest BCUT2D eigenvalue weighted by Crippen LogP contribution is 2.28. The molecule has 0 unspecified atom stereocenters. The number of hydrogen-bond donors (Lipinski definition) is 0. The summed E-state index contributed by atoms with van der Waals surface area (Å²) in [6.45, 7) is 11.6. The monoisotopic (exact) mass is 239 g/mol. The van der Waals surface area contributed by atoms with Crippen LogP contribution in [-0.4, -0.2) is 11.4 Å². The zero-order valence-corrected chi connectivity index (χ0v) is 11.5. The number of rotatable bonds is 3. The minimum atomic E-state index is 0.951. The maximum absolute atomic E-state index is 4.18. The zero-order chi connectivity index (χ0) is 13.1. The molecule has 0 fully saturated rings. The van der Waals surface area contributed by atoms with Crippen molar-refractivity contribution in [2.75, 3.05) is 6.54 Å². The van der Waals surface area contributed by atoms with E-state index < -0.39 is 0 Å². The Balaban J connectivity index is 2.38. The molecule has 0 aromatic heterocycles. The molecule has 0 saturated carbocycles. The summed E-state index contributed by atoms with van der Waals surface area (Å²) in [5, 5.41) is 0. The molecule has 1 aromatic rings. The lowest BCUT2D eigenvalue weighted by atomic mass is 10.0. The maximum atomic E-state index is 4.18. The lowest BCUT2D eigenvalue weighted by molar-refractivity contribution is 0.507. The van der Waals surface area contributed by atoms with E-state index in [0.29, 0.717) is 0 Å². The van der Waals surface area contributed by atoms with Gasteiger partial charge in [0.25, 0.3) is 0 Å². The Kier molecular flexibility index (Phi) is 3.71. The van der Waals surface area contributed by atoms with E-state index in [1.54, 1.807) is 0 Å². The number of benzene rings is 1. The van der Waals surface area contributed by atoms with Crippen molar-refractivity contribution in [2.45, 2.75) is 27.2 Å². The molecule has 1 nitrogen and oxygen atoms in total. The minimum absolute atomic E-state index is 0.951. The lowest BCUT2D eigenvalue weighted by Crippen LogP contribution is -2.24. The third-order valence-electron chi connectivity index (χ3n) is 3.36. The van der Waals surface area contributed by atoms with Crippen LogP contribution in [0.3, 0.4) is 0 Å². The van der Waals surface area contributed by atoms with Gasteiger partial charge in [-0.3, -0.25) is 0 Å². The summed E-state index contributed by atoms with van der Waals surface area (Å²) < 4.78 is 0. The molecular formula is C17H21N. The number of hydrogen-bond acceptors (Lipinski definition) is 1. The van der Waals surface area contributed by atoms with Gasteiger partial charge in [-0.2, -0.15) is 0 Å². The van der Waals surface area contributed by atoms with Gasteiger partial charge in [0.05, 0.1) is 0 Å². The quantitative estimate of drug-likeness (QED) is 0.749. The molecule has 1 aliphatic rings. The molecular weight excluding hydrogens is 218 g/mol. The predicted molar refractivity (Wildman–Crippen MR) is 79.1 cm³/mol. The van der Waals surface area contributed by atoms with Gasteiger partial charge in [0, 0.05) is 17.9 Å². The smallest absolute Gasteiger partial charge is 0.0484 e. The molecule has 0 radical (unpaired) electrons. The van der Waals surface area contributed by atoms with Gasteiger partial charge < -0.3 is 4.90 Å². The first-order valence-electron chi connectivity index (χ1n) is 6.51. The second-order valence-electron chi connectivity index (χ2n) is 4.94. The van der Waals surface area contributed by atoms with Crippen molar-refractivity contribution in [3.05, 3.63) is 65.4 Å². The number of aryl methyl sites for hydroxylation is 1. The van der Waals surface area contributed by atoms with E-state index in [4.69, 9.17) is 0 Å². The van der Waals surface area contributed by atoms with Crippen LogP contribution in [-0.2, 0) is 0 Å². The Morgan fingerprint density at radius 1 is 1.17 bits per heavy atom. The van der Waals surface area contributed by atoms with E-state index in [2.05, 4.69) is 68.7 Å². The average Bonchev–Trinajstić information content (AvgIpc) is 2.39. The summed E-state index contributed by atoms with van der Waals surface area (Å²) >= 11 is 0. The van der Waals surface area contributed by atoms with E-state index in [-0.39, 0.29) is 0 Å². The van der Waals surface area contributed by atoms with Crippen LogP contribution in [0, 0.1) is 6.92 Å². The first kappa shape index (κ1) is 12.7. The van der Waals surface area contributed by atoms with Gasteiger partial charge in [-0.15, -0.1) is 0 Å². The number of allylic oxidation sites excluding steroid dienone is 3. The molecule has 0 saturated heterocycles. The molecule has 1 aliphatic heterocycles. The van der Waals surface area contributed by atoms with Crippen LogP contribution < -0.4 is 0 Å². The van der Waals surface area contributed by atoms with Crippen LogP contribution in [0.1, 0.15) is 31.4 Å². The molecule has 1 heteroatoms. The fraction of sp³-hybridized carbons (Fsp3) is 0.294. The standard InChI is InChI=1S/C17H21N/c1-5-15(4)18-12-14(3)8-11-17(18)16-9-6-13(2)7-10-16/h6-11H,4-5,12H2,1-3H3. The first-order chi connectivity index (χ1) is 8.61. The van der Waals surface area contributed by atoms with Gasteiger partial charge >= 0.3 is 0 Å². The summed E-state index contributed by atoms with van der Waals surface area (Å²) in [7, 11) is 0. The molecule has 94 valence electrons. The first-order valence-corrected chi connectivity index (χ1v) is 6.51. The SMILES string of the molecule is C=C(CC)N1CC(C)=CC=C1c1ccc(C)cc1. The summed E-state index contributed by atoms with van der Waals surface area (Å²) in [6.07, 6.45) is 5.38. The van der Waals surface area contributed by atoms with E-state index in [1.165, 1.54) is 28.1 Å². The van der Waals surface area contributed by atoms with E-state index >= 15 is 0 Å². The maximum Gasteiger partial charge on any atom is 0.0484 e. The van der Waals surface area contributed by atoms with Gasteiger partial charge in [-0.1, -0.05) is 55.0 Å². The molecule has 18 heavy (non-hydrogen) atoms. The Labute approximate surface area is 110 Å². The highest BCUT2D eigenvalue weighted by molar-refractivity contribution is 5.69. The van der Waals surface area contributed by atoms with Crippen LogP contribution in [0.4, 0.5) is 0 Å². The topological polar surface area (TPSA) is 3.24 Å². The van der Waals surface area contributed by atoms with Crippen molar-refractivity contribution in [1.29, 1.82) is 0 Å². The Morgan fingerprint density at radius 3 is 2.44 bits per heavy atom. The largest absolute Gasteiger partial charge is 0.341 e. The van der Waals surface area contributed by atoms with Crippen molar-refractivity contribution < 1.29 is 0 Å². The molecule has 2 rings (SSSR count). The molecule has 1 heterocycles. The van der Waals surface area contributed by atoms with Crippen molar-refractivity contribution in [3.8, 4) is 0 Å². The van der Waals surface area contributed by atoms with Crippen molar-refractivity contribution >= 4 is 5.70 Å². The normalized spacial score (nSPS) is 15.2. The predicted octanol–water partition coefficient (Wildman–Crippen LogP) is 4.52. The highest BCUT2D eigenvalue weighted by atomic mass is 15.1. The third-order valence-corrected chi connectivity index (χ3v) is 3.36. The van der Waals surface area contributed by atoms with Crippen LogP contribution >= 0.6 is 0 Å². The minimum Gasteiger partial charge on any atom is -0.341 e. The molecule has 0 bridgehead atoms. The lowest BCUT2D eigenvalue weighted by Gasteiger charge is -2.32. The molecule has 0 aliphatic carbocycles. The fourth-order valence-corrected chi connectivity index (χ4v) is 2.15. The van der Waals surface area contributed by atoms with Crippen molar-refractivity contribution in [3.63, 3.8) is 0 Å². The summed E-state index contributed by atoms with van der Waals surface area (Å²) in [5.41, 5.74) is 6.36. The zero-order valence-electron chi connectivity index (χ0n) is 11.5. The van der Waals surface area contributed by atoms with Gasteiger partial charge in [0.1, 0.15) is 0 Å². The fourth-order valence-electron chi connectivity index (χ4n) is 2.15. The molecule has 0 atom stereocenters. The number of nitrogens with zero attached hydrogens (tertiary/aromatic N) is 1. The Bertz CT molecular complexity index is 503. The van der Waals surface area contributed by atoms with Gasteiger partial charge in [-0.25, -0.2) is 0 Å². The van der Waals surface area contributed by atoms with Crippen molar-refractivity contribution in [1.82, 2.24) is 4.90 Å². The molecule has 1 aromatic carbocycles. The van der Waals surface area contributed by atoms with Gasteiger partial charge in [-0.05, 0) is 31.9 Å². The highest BCUT2D eigenvalue weighted by Gasteiger charge is 2.16. The van der Waals surface area contributed by atoms with Crippen LogP contribution in [0.15, 0.2) is 54.3 Å². The molecule has 0 N–H and O–H groups in total. The van der Waals surface area contributed by atoms with Crippen LogP contribution in [0.5, 0.6) is 0 Å². The van der Waals surface area contributed by atoms with Gasteiger partial charge in [0.2, 0.25) is 0 Å². The molecule has 0 spiro atoms. The summed E-state index contributed by atoms with van der Waals surface area (Å²) in [6, 6.07) is 8.69. The van der Waals surface area contributed by atoms with Crippen molar-refractivity contribution in [2.24, 2.45) is 0 Å². The van der Waals surface area contributed by atoms with E-state index in [0.717, 1.165) is 13.0 Å². The second kappa shape index (κ2) is 5.26. The summed E-state index contributed by atoms with van der Waals surface area (Å²) in [4.78, 5) is 2.32. The Morgan fingerprint density at radius 2 is 1.83 bits per heavy atom. The van der Waals surface area contributed by atoms with Crippen LogP contribution in [0.25, 0.3) is 5.70 Å². The average molecular weight is 239 g/mol. The van der Waals surface area contributed by atoms with E-state index in [1.807, 2.05) is 0 Å². The molecule has 0 amide bonds. The van der Waals surface area contributed by atoms with Crippen LogP contribution in [0.2, 0.25) is 0 Å². The van der Waals surface area contributed by atoms with E-state index in [9.17, 15) is 0 Å². The third kappa shape index (κ3) is 2.56. The van der Waals surface area contributed by atoms with Gasteiger partial charge in [0.15, 0.2) is 0 Å². The summed E-state index contributed by atoms with van der Waals surface area (Å²) in [5.74, 6) is 0. The second-order valence-corrected chi connectivity index (χ2v) is 4.94.